The average Bonchev–Trinajstić information content (AvgIpc) is 2.73. The second-order valence-electron chi connectivity index (χ2n) is 6.82. The summed E-state index contributed by atoms with van der Waals surface area (Å²) in [6.45, 7) is 4.11. The largest absolute Gasteiger partial charge is 0.274 e. The van der Waals surface area contributed by atoms with E-state index in [1.807, 2.05) is 26.0 Å². The Morgan fingerprint density at radius 1 is 0.969 bits per heavy atom. The predicted octanol–water partition coefficient (Wildman–Crippen LogP) is 7.01. The van der Waals surface area contributed by atoms with Crippen molar-refractivity contribution in [1.29, 1.82) is 0 Å². The van der Waals surface area contributed by atoms with Crippen LogP contribution in [0.3, 0.4) is 0 Å². The molecular formula is C22H20Cl3N3O2S2. The molecule has 32 heavy (non-hydrogen) atoms. The van der Waals surface area contributed by atoms with E-state index in [1.54, 1.807) is 48.7 Å². The monoisotopic (exact) mass is 527 g/mol. The van der Waals surface area contributed by atoms with Crippen LogP contribution in [0.4, 0.5) is 11.4 Å². The van der Waals surface area contributed by atoms with Crippen molar-refractivity contribution >= 4 is 74.5 Å². The molecule has 0 bridgehead atoms. The van der Waals surface area contributed by atoms with E-state index in [2.05, 4.69) is 9.71 Å². The number of aryl methyl sites for hydroxylation is 2. The molecule has 3 rings (SSSR count). The number of sulfonamides is 1. The Labute approximate surface area is 207 Å². The third kappa shape index (κ3) is 6.19. The molecule has 0 saturated heterocycles. The van der Waals surface area contributed by atoms with Gasteiger partial charge in [0, 0.05) is 22.8 Å². The van der Waals surface area contributed by atoms with Gasteiger partial charge in [-0.25, -0.2) is 13.1 Å². The van der Waals surface area contributed by atoms with Crippen LogP contribution in [0.15, 0.2) is 70.6 Å². The van der Waals surface area contributed by atoms with Crippen LogP contribution in [0.1, 0.15) is 11.1 Å². The van der Waals surface area contributed by atoms with E-state index in [1.165, 1.54) is 6.07 Å². The summed E-state index contributed by atoms with van der Waals surface area (Å²) in [5, 5.41) is 1.27. The van der Waals surface area contributed by atoms with Gasteiger partial charge in [0.25, 0.3) is 10.0 Å². The Balaban J connectivity index is 1.81. The maximum atomic E-state index is 13.4. The highest BCUT2D eigenvalue weighted by Gasteiger charge is 2.27. The molecule has 3 aromatic rings. The molecule has 0 saturated carbocycles. The topological polar surface area (TPSA) is 61.8 Å². The molecule has 0 spiro atoms. The van der Waals surface area contributed by atoms with E-state index in [9.17, 15) is 8.42 Å². The molecule has 168 valence electrons. The lowest BCUT2D eigenvalue weighted by Gasteiger charge is -2.23. The molecule has 0 heterocycles. The number of hydrogen-bond donors (Lipinski definition) is 1. The highest BCUT2D eigenvalue weighted by Crippen LogP contribution is 2.36. The number of benzene rings is 3. The number of nitrogens with zero attached hydrogens (tertiary/aromatic N) is 2. The van der Waals surface area contributed by atoms with Gasteiger partial charge in [-0.3, -0.25) is 4.99 Å². The van der Waals surface area contributed by atoms with Gasteiger partial charge in [0.15, 0.2) is 0 Å². The van der Waals surface area contributed by atoms with E-state index in [0.717, 1.165) is 32.7 Å². The lowest BCUT2D eigenvalue weighted by atomic mass is 10.2. The molecule has 0 aliphatic carbocycles. The first-order chi connectivity index (χ1) is 15.2. The number of halogens is 3. The number of rotatable bonds is 8. The zero-order valence-electron chi connectivity index (χ0n) is 17.2. The Hall–Kier alpha value is -1.74. The van der Waals surface area contributed by atoms with Gasteiger partial charge in [-0.1, -0.05) is 52.5 Å². The summed E-state index contributed by atoms with van der Waals surface area (Å²) in [7, 11) is -3.91. The average molecular weight is 529 g/mol. The molecule has 0 aromatic heterocycles. The summed E-state index contributed by atoms with van der Waals surface area (Å²) in [6.07, 6.45) is 1.66. The predicted molar refractivity (Wildman–Crippen MR) is 137 cm³/mol. The lowest BCUT2D eigenvalue weighted by molar-refractivity contribution is 0.598. The maximum Gasteiger partial charge on any atom is 0.274 e. The lowest BCUT2D eigenvalue weighted by Crippen LogP contribution is -2.29. The van der Waals surface area contributed by atoms with Crippen molar-refractivity contribution in [1.82, 2.24) is 4.72 Å². The molecule has 1 N–H and O–H groups in total. The Morgan fingerprint density at radius 2 is 1.62 bits per heavy atom. The summed E-state index contributed by atoms with van der Waals surface area (Å²) >= 11 is 19.2. The molecular weight excluding hydrogens is 509 g/mol. The van der Waals surface area contributed by atoms with Gasteiger partial charge in [-0.05, 0) is 67.9 Å². The van der Waals surface area contributed by atoms with Crippen LogP contribution in [0.2, 0.25) is 15.1 Å². The number of nitrogens with one attached hydrogen (secondary N) is 1. The highest BCUT2D eigenvalue weighted by atomic mass is 35.5. The first kappa shape index (κ1) is 24.9. The molecule has 10 heteroatoms. The fraction of sp³-hybridized carbons (Fsp3) is 0.136. The van der Waals surface area contributed by atoms with Crippen molar-refractivity contribution in [2.24, 2.45) is 4.99 Å². The zero-order chi connectivity index (χ0) is 23.3. The third-order valence-electron chi connectivity index (χ3n) is 4.35. The molecule has 3 aromatic carbocycles. The van der Waals surface area contributed by atoms with Gasteiger partial charge in [-0.15, -0.1) is 0 Å². The molecule has 0 aliphatic heterocycles. The van der Waals surface area contributed by atoms with Crippen LogP contribution in [-0.4, -0.2) is 21.2 Å². The standard InChI is InChI=1S/C22H20Cl3N3O2S2/c1-15-3-7-19(8-4-15)32(29,30)28(22-10-6-18(24)14-20(22)25)31-27-12-11-26-21-9-5-17(23)13-16(21)2/h3-11,13-14,27H,12H2,1-2H3. The van der Waals surface area contributed by atoms with Crippen LogP contribution in [0.5, 0.6) is 0 Å². The van der Waals surface area contributed by atoms with Gasteiger partial charge < -0.3 is 0 Å². The van der Waals surface area contributed by atoms with Crippen molar-refractivity contribution in [2.75, 3.05) is 10.3 Å². The summed E-state index contributed by atoms with van der Waals surface area (Å²) in [4.78, 5) is 4.55. The van der Waals surface area contributed by atoms with E-state index < -0.39 is 10.0 Å². The minimum Gasteiger partial charge on any atom is -0.260 e. The van der Waals surface area contributed by atoms with Gasteiger partial charge in [-0.2, -0.15) is 3.71 Å². The molecule has 0 radical (unpaired) electrons. The molecule has 0 unspecified atom stereocenters. The van der Waals surface area contributed by atoms with Crippen LogP contribution in [0.25, 0.3) is 0 Å². The summed E-state index contributed by atoms with van der Waals surface area (Å²) < 4.78 is 30.9. The van der Waals surface area contributed by atoms with E-state index in [-0.39, 0.29) is 9.92 Å². The summed E-state index contributed by atoms with van der Waals surface area (Å²) in [6, 6.07) is 16.7. The maximum absolute atomic E-state index is 13.4. The Bertz CT molecular complexity index is 1230. The zero-order valence-corrected chi connectivity index (χ0v) is 21.1. The quantitative estimate of drug-likeness (QED) is 0.194. The minimum absolute atomic E-state index is 0.147. The molecule has 0 fully saturated rings. The van der Waals surface area contributed by atoms with Crippen molar-refractivity contribution in [3.8, 4) is 0 Å². The highest BCUT2D eigenvalue weighted by molar-refractivity contribution is 8.13. The van der Waals surface area contributed by atoms with Gasteiger partial charge in [0.2, 0.25) is 0 Å². The molecule has 0 amide bonds. The fourth-order valence-electron chi connectivity index (χ4n) is 2.70. The fourth-order valence-corrected chi connectivity index (χ4v) is 5.95. The van der Waals surface area contributed by atoms with Crippen molar-refractivity contribution in [2.45, 2.75) is 18.7 Å². The summed E-state index contributed by atoms with van der Waals surface area (Å²) in [5.41, 5.74) is 2.98. The van der Waals surface area contributed by atoms with Gasteiger partial charge in [0.05, 0.1) is 33.4 Å². The summed E-state index contributed by atoms with van der Waals surface area (Å²) in [5.74, 6) is 0. The normalized spacial score (nSPS) is 11.8. The third-order valence-corrected chi connectivity index (χ3v) is 8.10. The number of anilines is 1. The van der Waals surface area contributed by atoms with E-state index in [0.29, 0.717) is 22.3 Å². The first-order valence-corrected chi connectivity index (χ1v) is 12.8. The minimum atomic E-state index is -3.91. The van der Waals surface area contributed by atoms with E-state index in [4.69, 9.17) is 34.8 Å². The molecule has 0 atom stereocenters. The van der Waals surface area contributed by atoms with Crippen molar-refractivity contribution < 1.29 is 8.42 Å². The second kappa shape index (κ2) is 10.9. The van der Waals surface area contributed by atoms with Crippen molar-refractivity contribution in [3.63, 3.8) is 0 Å². The number of aliphatic imine (C=N–C) groups is 1. The smallest absolute Gasteiger partial charge is 0.260 e. The number of hydrogen-bond acceptors (Lipinski definition) is 5. The molecule has 5 nitrogen and oxygen atoms in total. The van der Waals surface area contributed by atoms with E-state index >= 15 is 0 Å². The van der Waals surface area contributed by atoms with Crippen LogP contribution < -0.4 is 8.43 Å². The molecule has 0 aliphatic rings. The van der Waals surface area contributed by atoms with Gasteiger partial charge in [0.1, 0.15) is 0 Å². The Kier molecular flexibility index (Phi) is 8.49. The van der Waals surface area contributed by atoms with Crippen LogP contribution >= 0.6 is 46.9 Å². The Morgan fingerprint density at radius 3 is 2.28 bits per heavy atom. The van der Waals surface area contributed by atoms with Gasteiger partial charge >= 0.3 is 0 Å². The first-order valence-electron chi connectivity index (χ1n) is 9.44. The second-order valence-corrected chi connectivity index (χ2v) is 11.0. The van der Waals surface area contributed by atoms with Crippen LogP contribution in [-0.2, 0) is 10.0 Å². The van der Waals surface area contributed by atoms with Crippen molar-refractivity contribution in [3.05, 3.63) is 86.9 Å². The van der Waals surface area contributed by atoms with Crippen LogP contribution in [0, 0.1) is 13.8 Å². The SMILES string of the molecule is Cc1ccc(S(=O)(=O)N(SNCC=Nc2ccc(Cl)cc2C)c2ccc(Cl)cc2Cl)cc1.